The van der Waals surface area contributed by atoms with Gasteiger partial charge in [-0.15, -0.1) is 0 Å². The third-order valence-electron chi connectivity index (χ3n) is 2.32. The van der Waals surface area contributed by atoms with Gasteiger partial charge >= 0.3 is 0 Å². The number of aryl methyl sites for hydroxylation is 1. The van der Waals surface area contributed by atoms with Crippen molar-refractivity contribution >= 4 is 0 Å². The Labute approximate surface area is 77.7 Å². The van der Waals surface area contributed by atoms with Gasteiger partial charge in [0.2, 0.25) is 5.89 Å². The minimum Gasteiger partial charge on any atom is -0.339 e. The van der Waals surface area contributed by atoms with Crippen molar-refractivity contribution in [3.8, 4) is 0 Å². The van der Waals surface area contributed by atoms with Crippen LogP contribution in [0.2, 0.25) is 0 Å². The highest BCUT2D eigenvalue weighted by atomic mass is 16.5. The lowest BCUT2D eigenvalue weighted by Gasteiger charge is -2.01. The van der Waals surface area contributed by atoms with Gasteiger partial charge in [-0.05, 0) is 25.8 Å². The lowest BCUT2D eigenvalue weighted by Crippen LogP contribution is -2.14. The molecule has 4 heteroatoms. The number of aromatic nitrogens is 2. The van der Waals surface area contributed by atoms with Crippen LogP contribution >= 0.6 is 0 Å². The summed E-state index contributed by atoms with van der Waals surface area (Å²) in [4.78, 5) is 4.34. The first kappa shape index (κ1) is 8.69. The molecule has 0 spiro atoms. The zero-order chi connectivity index (χ0) is 9.10. The molecular weight excluding hydrogens is 166 g/mol. The maximum absolute atomic E-state index is 5.12. The number of nitrogens with zero attached hydrogens (tertiary/aromatic N) is 2. The Morgan fingerprint density at radius 3 is 3.23 bits per heavy atom. The molecule has 1 aromatic heterocycles. The molecule has 0 amide bonds. The van der Waals surface area contributed by atoms with Crippen molar-refractivity contribution in [2.24, 2.45) is 0 Å². The minimum absolute atomic E-state index is 0.328. The van der Waals surface area contributed by atoms with Crippen LogP contribution in [0.25, 0.3) is 0 Å². The van der Waals surface area contributed by atoms with E-state index < -0.39 is 0 Å². The Balaban J connectivity index is 2.03. The summed E-state index contributed by atoms with van der Waals surface area (Å²) in [6, 6.07) is 0.328. The van der Waals surface area contributed by atoms with E-state index in [2.05, 4.69) is 22.4 Å². The molecule has 1 aliphatic heterocycles. The lowest BCUT2D eigenvalue weighted by atomic mass is 10.2. The second-order valence-corrected chi connectivity index (χ2v) is 3.45. The van der Waals surface area contributed by atoms with Gasteiger partial charge in [0.1, 0.15) is 0 Å². The van der Waals surface area contributed by atoms with E-state index in [9.17, 15) is 0 Å². The quantitative estimate of drug-likeness (QED) is 0.766. The first-order valence-corrected chi connectivity index (χ1v) is 4.96. The smallest absolute Gasteiger partial charge is 0.226 e. The Kier molecular flexibility index (Phi) is 2.59. The molecule has 1 aromatic rings. The predicted octanol–water partition coefficient (Wildman–Crippen LogP) is 1.45. The molecule has 2 heterocycles. The molecule has 1 saturated heterocycles. The first-order chi connectivity index (χ1) is 6.40. The highest BCUT2D eigenvalue weighted by molar-refractivity contribution is 4.96. The van der Waals surface area contributed by atoms with Gasteiger partial charge in [0.05, 0.1) is 6.04 Å². The molecule has 2 rings (SSSR count). The molecule has 1 atom stereocenters. The summed E-state index contributed by atoms with van der Waals surface area (Å²) in [6.45, 7) is 3.18. The summed E-state index contributed by atoms with van der Waals surface area (Å²) >= 11 is 0. The predicted molar refractivity (Wildman–Crippen MR) is 48.3 cm³/mol. The SMILES string of the molecule is CCCc1nc(C2CCCN2)no1. The highest BCUT2D eigenvalue weighted by Gasteiger charge is 2.21. The molecular formula is C9H15N3O. The first-order valence-electron chi connectivity index (χ1n) is 4.96. The molecule has 1 N–H and O–H groups in total. The third-order valence-corrected chi connectivity index (χ3v) is 2.32. The van der Waals surface area contributed by atoms with Crippen molar-refractivity contribution in [3.63, 3.8) is 0 Å². The van der Waals surface area contributed by atoms with Crippen LogP contribution in [0, 0.1) is 0 Å². The summed E-state index contributed by atoms with van der Waals surface area (Å²) in [5.41, 5.74) is 0. The van der Waals surface area contributed by atoms with Crippen molar-refractivity contribution in [2.45, 2.75) is 38.6 Å². The average molecular weight is 181 g/mol. The molecule has 1 unspecified atom stereocenters. The summed E-state index contributed by atoms with van der Waals surface area (Å²) < 4.78 is 5.12. The van der Waals surface area contributed by atoms with E-state index in [-0.39, 0.29) is 0 Å². The second-order valence-electron chi connectivity index (χ2n) is 3.45. The van der Waals surface area contributed by atoms with E-state index >= 15 is 0 Å². The Morgan fingerprint density at radius 1 is 1.62 bits per heavy atom. The number of rotatable bonds is 3. The molecule has 0 bridgehead atoms. The van der Waals surface area contributed by atoms with Gasteiger partial charge in [-0.2, -0.15) is 4.98 Å². The Morgan fingerprint density at radius 2 is 2.54 bits per heavy atom. The molecule has 1 aliphatic rings. The monoisotopic (exact) mass is 181 g/mol. The molecule has 1 fully saturated rings. The Bertz CT molecular complexity index is 266. The normalized spacial score (nSPS) is 22.4. The van der Waals surface area contributed by atoms with Crippen LogP contribution in [0.3, 0.4) is 0 Å². The van der Waals surface area contributed by atoms with Gasteiger partial charge in [0, 0.05) is 6.42 Å². The van der Waals surface area contributed by atoms with E-state index in [1.165, 1.54) is 6.42 Å². The van der Waals surface area contributed by atoms with Crippen molar-refractivity contribution in [1.29, 1.82) is 0 Å². The molecule has 72 valence electrons. The van der Waals surface area contributed by atoms with Gasteiger partial charge < -0.3 is 9.84 Å². The molecule has 13 heavy (non-hydrogen) atoms. The van der Waals surface area contributed by atoms with Gasteiger partial charge in [-0.1, -0.05) is 12.1 Å². The maximum Gasteiger partial charge on any atom is 0.226 e. The highest BCUT2D eigenvalue weighted by Crippen LogP contribution is 2.20. The maximum atomic E-state index is 5.12. The standard InChI is InChI=1S/C9H15N3O/c1-2-4-8-11-9(12-13-8)7-5-3-6-10-7/h7,10H,2-6H2,1H3. The lowest BCUT2D eigenvalue weighted by molar-refractivity contribution is 0.367. The van der Waals surface area contributed by atoms with Crippen LogP contribution in [0.1, 0.15) is 43.9 Å². The van der Waals surface area contributed by atoms with Crippen LogP contribution in [0.15, 0.2) is 4.52 Å². The van der Waals surface area contributed by atoms with Crippen molar-refractivity contribution in [2.75, 3.05) is 6.54 Å². The minimum atomic E-state index is 0.328. The fourth-order valence-electron chi connectivity index (χ4n) is 1.63. The summed E-state index contributed by atoms with van der Waals surface area (Å²) in [5, 5.41) is 7.31. The van der Waals surface area contributed by atoms with Crippen LogP contribution in [0.4, 0.5) is 0 Å². The van der Waals surface area contributed by atoms with Crippen molar-refractivity contribution in [1.82, 2.24) is 15.5 Å². The van der Waals surface area contributed by atoms with Gasteiger partial charge in [-0.3, -0.25) is 0 Å². The van der Waals surface area contributed by atoms with Gasteiger partial charge in [0.25, 0.3) is 0 Å². The summed E-state index contributed by atoms with van der Waals surface area (Å²) in [5.74, 6) is 1.60. The Hall–Kier alpha value is -0.900. The average Bonchev–Trinajstić information content (AvgIpc) is 2.70. The van der Waals surface area contributed by atoms with Gasteiger partial charge in [-0.25, -0.2) is 0 Å². The molecule has 0 saturated carbocycles. The van der Waals surface area contributed by atoms with Crippen LogP contribution < -0.4 is 5.32 Å². The van der Waals surface area contributed by atoms with E-state index in [0.717, 1.165) is 37.5 Å². The fraction of sp³-hybridized carbons (Fsp3) is 0.778. The summed E-state index contributed by atoms with van der Waals surface area (Å²) in [7, 11) is 0. The summed E-state index contributed by atoms with van der Waals surface area (Å²) in [6.07, 6.45) is 4.28. The molecule has 4 nitrogen and oxygen atoms in total. The van der Waals surface area contributed by atoms with Crippen molar-refractivity contribution in [3.05, 3.63) is 11.7 Å². The van der Waals surface area contributed by atoms with Crippen LogP contribution in [0.5, 0.6) is 0 Å². The zero-order valence-corrected chi connectivity index (χ0v) is 7.92. The zero-order valence-electron chi connectivity index (χ0n) is 7.92. The van der Waals surface area contributed by atoms with E-state index in [1.54, 1.807) is 0 Å². The largest absolute Gasteiger partial charge is 0.339 e. The topological polar surface area (TPSA) is 51.0 Å². The van der Waals surface area contributed by atoms with E-state index in [4.69, 9.17) is 4.52 Å². The van der Waals surface area contributed by atoms with E-state index in [0.29, 0.717) is 6.04 Å². The van der Waals surface area contributed by atoms with Crippen molar-refractivity contribution < 1.29 is 4.52 Å². The molecule has 0 radical (unpaired) electrons. The van der Waals surface area contributed by atoms with Crippen LogP contribution in [-0.2, 0) is 6.42 Å². The van der Waals surface area contributed by atoms with Crippen LogP contribution in [-0.4, -0.2) is 16.7 Å². The molecule has 0 aliphatic carbocycles. The van der Waals surface area contributed by atoms with E-state index in [1.807, 2.05) is 0 Å². The van der Waals surface area contributed by atoms with Gasteiger partial charge in [0.15, 0.2) is 5.82 Å². The molecule has 0 aromatic carbocycles. The second kappa shape index (κ2) is 3.87. The third kappa shape index (κ3) is 1.88. The number of nitrogens with one attached hydrogen (secondary N) is 1. The fourth-order valence-corrected chi connectivity index (χ4v) is 1.63. The number of hydrogen-bond acceptors (Lipinski definition) is 4. The number of hydrogen-bond donors (Lipinski definition) is 1.